The van der Waals surface area contributed by atoms with Gasteiger partial charge in [-0.25, -0.2) is 0 Å². The molecule has 0 bridgehead atoms. The normalized spacial score (nSPS) is 19.8. The minimum atomic E-state index is -0.483. The minimum Gasteiger partial charge on any atom is -0.379 e. The van der Waals surface area contributed by atoms with Crippen LogP contribution >= 0.6 is 0 Å². The molecule has 3 N–H and O–H groups in total. The number of hydrogen-bond acceptors (Lipinski definition) is 5. The topological polar surface area (TPSA) is 113 Å². The van der Waals surface area contributed by atoms with Crippen molar-refractivity contribution < 1.29 is 14.3 Å². The summed E-state index contributed by atoms with van der Waals surface area (Å²) in [5.74, 6) is -0.332. The van der Waals surface area contributed by atoms with Crippen LogP contribution in [-0.4, -0.2) is 41.5 Å². The van der Waals surface area contributed by atoms with E-state index in [1.807, 2.05) is 30.3 Å². The van der Waals surface area contributed by atoms with Gasteiger partial charge in [-0.2, -0.15) is 0 Å². The predicted molar refractivity (Wildman–Crippen MR) is 93.8 cm³/mol. The van der Waals surface area contributed by atoms with Gasteiger partial charge in [0.05, 0.1) is 25.7 Å². The Balaban J connectivity index is 1.58. The number of nitrogens with one attached hydrogen (secondary N) is 3. The molecule has 1 aliphatic heterocycles. The highest BCUT2D eigenvalue weighted by Crippen LogP contribution is 2.14. The molecule has 26 heavy (non-hydrogen) atoms. The van der Waals surface area contributed by atoms with Crippen LogP contribution in [0.2, 0.25) is 0 Å². The highest BCUT2D eigenvalue weighted by molar-refractivity contribution is 5.78. The van der Waals surface area contributed by atoms with E-state index in [0.717, 1.165) is 11.6 Å². The van der Waals surface area contributed by atoms with Gasteiger partial charge in [0, 0.05) is 18.2 Å². The standard InChI is InChI=1S/C18H21N3O5/c22-16(8-13-9-17(23)20-21-18(13)24)19-14-6-7-25-11-15(14)26-10-12-4-2-1-3-5-12/h1-5,9,14-15H,6-8,10-11H2,(H,19,22)(H,20,23)(H,21,24)/t14-,15-/m1/s1. The van der Waals surface area contributed by atoms with E-state index in [9.17, 15) is 14.4 Å². The lowest BCUT2D eigenvalue weighted by atomic mass is 10.1. The van der Waals surface area contributed by atoms with Crippen LogP contribution in [0.5, 0.6) is 0 Å². The summed E-state index contributed by atoms with van der Waals surface area (Å²) < 4.78 is 11.4. The van der Waals surface area contributed by atoms with Gasteiger partial charge in [0.2, 0.25) is 5.91 Å². The number of aromatic amines is 2. The molecule has 1 aliphatic rings. The molecule has 0 saturated carbocycles. The highest BCUT2D eigenvalue weighted by Gasteiger charge is 2.28. The third-order valence-corrected chi connectivity index (χ3v) is 4.20. The van der Waals surface area contributed by atoms with Gasteiger partial charge >= 0.3 is 0 Å². The van der Waals surface area contributed by atoms with Crippen LogP contribution in [-0.2, 0) is 27.3 Å². The average molecular weight is 359 g/mol. The molecule has 8 heteroatoms. The Kier molecular flexibility index (Phi) is 5.98. The minimum absolute atomic E-state index is 0.125. The molecule has 2 aromatic rings. The second-order valence-electron chi connectivity index (χ2n) is 6.16. The number of carbonyl (C=O) groups is 1. The molecule has 8 nitrogen and oxygen atoms in total. The van der Waals surface area contributed by atoms with E-state index >= 15 is 0 Å². The molecule has 2 heterocycles. The Hall–Kier alpha value is -2.71. The summed E-state index contributed by atoms with van der Waals surface area (Å²) >= 11 is 0. The Bertz CT molecular complexity index is 846. The van der Waals surface area contributed by atoms with E-state index in [1.165, 1.54) is 0 Å². The number of H-pyrrole nitrogens is 2. The smallest absolute Gasteiger partial charge is 0.266 e. The Morgan fingerprint density at radius 1 is 1.23 bits per heavy atom. The lowest BCUT2D eigenvalue weighted by Crippen LogP contribution is -2.50. The first-order valence-corrected chi connectivity index (χ1v) is 8.45. The third kappa shape index (κ3) is 4.90. The monoisotopic (exact) mass is 359 g/mol. The van der Waals surface area contributed by atoms with Crippen LogP contribution < -0.4 is 16.4 Å². The molecule has 138 valence electrons. The molecule has 2 atom stereocenters. The molecule has 1 aromatic carbocycles. The summed E-state index contributed by atoms with van der Waals surface area (Å²) in [4.78, 5) is 35.3. The summed E-state index contributed by atoms with van der Waals surface area (Å²) in [6, 6.07) is 10.7. The van der Waals surface area contributed by atoms with Gasteiger partial charge in [0.25, 0.3) is 11.1 Å². The van der Waals surface area contributed by atoms with E-state index in [2.05, 4.69) is 15.5 Å². The number of amides is 1. The number of carbonyl (C=O) groups excluding carboxylic acids is 1. The molecular weight excluding hydrogens is 338 g/mol. The van der Waals surface area contributed by atoms with Gasteiger partial charge in [0.15, 0.2) is 0 Å². The van der Waals surface area contributed by atoms with Crippen LogP contribution in [0, 0.1) is 0 Å². The fourth-order valence-corrected chi connectivity index (χ4v) is 2.84. The van der Waals surface area contributed by atoms with Crippen molar-refractivity contribution in [2.75, 3.05) is 13.2 Å². The Morgan fingerprint density at radius 3 is 2.85 bits per heavy atom. The SMILES string of the molecule is O=C(Cc1cc(=O)[nH][nH]c1=O)N[C@@H]1CCOC[C@H]1OCc1ccccc1. The van der Waals surface area contributed by atoms with Crippen molar-refractivity contribution in [3.05, 3.63) is 68.2 Å². The van der Waals surface area contributed by atoms with Gasteiger partial charge in [-0.1, -0.05) is 30.3 Å². The second kappa shape index (κ2) is 8.59. The van der Waals surface area contributed by atoms with E-state index < -0.39 is 11.1 Å². The van der Waals surface area contributed by atoms with E-state index in [-0.39, 0.29) is 30.0 Å². The molecule has 0 radical (unpaired) electrons. The maximum absolute atomic E-state index is 12.3. The highest BCUT2D eigenvalue weighted by atomic mass is 16.5. The van der Waals surface area contributed by atoms with Crippen LogP contribution in [0.4, 0.5) is 0 Å². The molecule has 1 amide bonds. The van der Waals surface area contributed by atoms with Crippen molar-refractivity contribution >= 4 is 5.91 Å². The van der Waals surface area contributed by atoms with Crippen LogP contribution in [0.3, 0.4) is 0 Å². The summed E-state index contributed by atoms with van der Waals surface area (Å²) in [5.41, 5.74) is 0.226. The lowest BCUT2D eigenvalue weighted by molar-refractivity contribution is -0.126. The van der Waals surface area contributed by atoms with Crippen LogP contribution in [0.1, 0.15) is 17.5 Å². The zero-order valence-electron chi connectivity index (χ0n) is 14.2. The largest absolute Gasteiger partial charge is 0.379 e. The summed E-state index contributed by atoms with van der Waals surface area (Å²) in [7, 11) is 0. The number of ether oxygens (including phenoxy) is 2. The molecule has 0 unspecified atom stereocenters. The van der Waals surface area contributed by atoms with Crippen molar-refractivity contribution in [3.8, 4) is 0 Å². The molecule has 1 aromatic heterocycles. The molecule has 0 spiro atoms. The zero-order valence-corrected chi connectivity index (χ0v) is 14.2. The summed E-state index contributed by atoms with van der Waals surface area (Å²) in [5, 5.41) is 7.27. The van der Waals surface area contributed by atoms with E-state index in [0.29, 0.717) is 26.2 Å². The van der Waals surface area contributed by atoms with Gasteiger partial charge in [0.1, 0.15) is 6.10 Å². The van der Waals surface area contributed by atoms with Gasteiger partial charge in [-0.15, -0.1) is 0 Å². The second-order valence-corrected chi connectivity index (χ2v) is 6.16. The van der Waals surface area contributed by atoms with Gasteiger partial charge in [-0.05, 0) is 12.0 Å². The van der Waals surface area contributed by atoms with E-state index in [1.54, 1.807) is 0 Å². The maximum Gasteiger partial charge on any atom is 0.266 e. The molecule has 0 aliphatic carbocycles. The average Bonchev–Trinajstić information content (AvgIpc) is 2.65. The van der Waals surface area contributed by atoms with Gasteiger partial charge in [-0.3, -0.25) is 24.6 Å². The van der Waals surface area contributed by atoms with Crippen LogP contribution in [0.15, 0.2) is 46.0 Å². The van der Waals surface area contributed by atoms with Crippen molar-refractivity contribution in [3.63, 3.8) is 0 Å². The molecular formula is C18H21N3O5. The van der Waals surface area contributed by atoms with E-state index in [4.69, 9.17) is 9.47 Å². The summed E-state index contributed by atoms with van der Waals surface area (Å²) in [6.45, 7) is 1.35. The van der Waals surface area contributed by atoms with Crippen molar-refractivity contribution in [2.24, 2.45) is 0 Å². The fraction of sp³-hybridized carbons (Fsp3) is 0.389. The Morgan fingerprint density at radius 2 is 2.04 bits per heavy atom. The molecule has 1 saturated heterocycles. The number of aromatic nitrogens is 2. The van der Waals surface area contributed by atoms with Crippen molar-refractivity contribution in [1.82, 2.24) is 15.5 Å². The lowest BCUT2D eigenvalue weighted by Gasteiger charge is -2.32. The molecule has 1 fully saturated rings. The fourth-order valence-electron chi connectivity index (χ4n) is 2.84. The summed E-state index contributed by atoms with van der Waals surface area (Å²) in [6.07, 6.45) is 0.184. The van der Waals surface area contributed by atoms with Crippen LogP contribution in [0.25, 0.3) is 0 Å². The first-order chi connectivity index (χ1) is 12.6. The van der Waals surface area contributed by atoms with Crippen molar-refractivity contribution in [1.29, 1.82) is 0 Å². The van der Waals surface area contributed by atoms with Crippen molar-refractivity contribution in [2.45, 2.75) is 31.6 Å². The molecule has 3 rings (SSSR count). The van der Waals surface area contributed by atoms with Gasteiger partial charge < -0.3 is 14.8 Å². The first-order valence-electron chi connectivity index (χ1n) is 8.45. The third-order valence-electron chi connectivity index (χ3n) is 4.20. The first kappa shape index (κ1) is 18.1. The Labute approximate surface area is 149 Å². The predicted octanol–water partition coefficient (Wildman–Crippen LogP) is 0.0962. The maximum atomic E-state index is 12.3. The number of benzene rings is 1. The zero-order chi connectivity index (χ0) is 18.4. The number of hydrogen-bond donors (Lipinski definition) is 3. The number of rotatable bonds is 6. The quantitative estimate of drug-likeness (QED) is 0.677.